The maximum atomic E-state index is 12.4. The average molecular weight is 308 g/mol. The highest BCUT2D eigenvalue weighted by molar-refractivity contribution is 6.32. The number of amides is 1. The molecule has 1 aromatic carbocycles. The van der Waals surface area contributed by atoms with Gasteiger partial charge >= 0.3 is 0 Å². The van der Waals surface area contributed by atoms with Crippen molar-refractivity contribution in [1.29, 1.82) is 0 Å². The van der Waals surface area contributed by atoms with E-state index >= 15 is 0 Å². The first-order valence-electron chi connectivity index (χ1n) is 6.65. The lowest BCUT2D eigenvalue weighted by molar-refractivity contribution is 0.0681. The molecule has 21 heavy (non-hydrogen) atoms. The Bertz CT molecular complexity index is 654. The first kappa shape index (κ1) is 15.5. The normalized spacial score (nSPS) is 12.2. The van der Waals surface area contributed by atoms with Crippen LogP contribution in [0.4, 0.5) is 0 Å². The number of halogens is 1. The summed E-state index contributed by atoms with van der Waals surface area (Å²) < 4.78 is 1.65. The number of hydrogen-bond acceptors (Lipinski definition) is 3. The van der Waals surface area contributed by atoms with Crippen LogP contribution in [-0.4, -0.2) is 45.4 Å². The second kappa shape index (κ2) is 6.28. The van der Waals surface area contributed by atoms with Crippen molar-refractivity contribution >= 4 is 17.5 Å². The molecule has 0 saturated heterocycles. The van der Waals surface area contributed by atoms with E-state index in [9.17, 15) is 4.79 Å². The Morgan fingerprint density at radius 2 is 2.14 bits per heavy atom. The summed E-state index contributed by atoms with van der Waals surface area (Å²) in [5.74, 6) is -0.174. The van der Waals surface area contributed by atoms with Crippen molar-refractivity contribution in [1.82, 2.24) is 14.7 Å². The van der Waals surface area contributed by atoms with Crippen LogP contribution in [0.15, 0.2) is 30.5 Å². The van der Waals surface area contributed by atoms with Crippen molar-refractivity contribution in [2.45, 2.75) is 19.9 Å². The Kier molecular flexibility index (Phi) is 4.65. The minimum atomic E-state index is -0.249. The Morgan fingerprint density at radius 1 is 1.48 bits per heavy atom. The van der Waals surface area contributed by atoms with Gasteiger partial charge in [0.05, 0.1) is 40.8 Å². The zero-order chi connectivity index (χ0) is 15.6. The molecule has 6 heteroatoms. The Hall–Kier alpha value is -1.85. The van der Waals surface area contributed by atoms with Crippen LogP contribution in [0.5, 0.6) is 0 Å². The summed E-state index contributed by atoms with van der Waals surface area (Å²) in [6, 6.07) is 7.08. The molecule has 1 N–H and O–H groups in total. The zero-order valence-corrected chi connectivity index (χ0v) is 13.0. The first-order chi connectivity index (χ1) is 9.97. The van der Waals surface area contributed by atoms with E-state index in [2.05, 4.69) is 5.10 Å². The molecule has 2 aromatic rings. The third-order valence-corrected chi connectivity index (χ3v) is 3.89. The summed E-state index contributed by atoms with van der Waals surface area (Å²) >= 11 is 6.17. The van der Waals surface area contributed by atoms with Gasteiger partial charge in [-0.15, -0.1) is 0 Å². The number of aliphatic hydroxyl groups is 1. The highest BCUT2D eigenvalue weighted by atomic mass is 35.5. The van der Waals surface area contributed by atoms with Gasteiger partial charge in [0.25, 0.3) is 5.91 Å². The van der Waals surface area contributed by atoms with Gasteiger partial charge in [-0.25, -0.2) is 4.68 Å². The standard InChI is InChI=1S/C15H18ClN3O2/c1-10(9-20)18(3)15(21)12-8-17-19(11(12)2)14-7-5-4-6-13(14)16/h4-8,10,20H,9H2,1-3H3. The van der Waals surface area contributed by atoms with Crippen LogP contribution >= 0.6 is 11.6 Å². The van der Waals surface area contributed by atoms with E-state index in [-0.39, 0.29) is 18.6 Å². The van der Waals surface area contributed by atoms with E-state index in [4.69, 9.17) is 16.7 Å². The number of carbonyl (C=O) groups excluding carboxylic acids is 1. The third-order valence-electron chi connectivity index (χ3n) is 3.57. The van der Waals surface area contributed by atoms with Crippen LogP contribution in [-0.2, 0) is 0 Å². The zero-order valence-electron chi connectivity index (χ0n) is 12.2. The molecule has 0 aliphatic carbocycles. The Balaban J connectivity index is 2.38. The van der Waals surface area contributed by atoms with Gasteiger partial charge in [-0.1, -0.05) is 23.7 Å². The van der Waals surface area contributed by atoms with Gasteiger partial charge in [-0.3, -0.25) is 4.79 Å². The van der Waals surface area contributed by atoms with Crippen LogP contribution in [0.25, 0.3) is 5.69 Å². The molecule has 1 heterocycles. The number of aliphatic hydroxyl groups excluding tert-OH is 1. The third kappa shape index (κ3) is 2.94. The summed E-state index contributed by atoms with van der Waals surface area (Å²) in [4.78, 5) is 13.9. The molecule has 1 aromatic heterocycles. The predicted molar refractivity (Wildman–Crippen MR) is 82.0 cm³/mol. The van der Waals surface area contributed by atoms with E-state index in [1.165, 1.54) is 11.1 Å². The van der Waals surface area contributed by atoms with E-state index < -0.39 is 0 Å². The van der Waals surface area contributed by atoms with Gasteiger partial charge in [-0.05, 0) is 26.0 Å². The summed E-state index contributed by atoms with van der Waals surface area (Å²) in [5, 5.41) is 14.0. The van der Waals surface area contributed by atoms with Crippen molar-refractivity contribution in [3.8, 4) is 5.69 Å². The quantitative estimate of drug-likeness (QED) is 0.943. The van der Waals surface area contributed by atoms with Crippen LogP contribution in [0.3, 0.4) is 0 Å². The molecule has 0 fully saturated rings. The fourth-order valence-electron chi connectivity index (χ4n) is 2.00. The van der Waals surface area contributed by atoms with Gasteiger partial charge in [0, 0.05) is 7.05 Å². The highest BCUT2D eigenvalue weighted by Crippen LogP contribution is 2.22. The predicted octanol–water partition coefficient (Wildman–Crippen LogP) is 2.29. The fourth-order valence-corrected chi connectivity index (χ4v) is 2.21. The number of carbonyl (C=O) groups is 1. The molecule has 112 valence electrons. The summed E-state index contributed by atoms with van der Waals surface area (Å²) in [6.45, 7) is 3.52. The van der Waals surface area contributed by atoms with Crippen molar-refractivity contribution < 1.29 is 9.90 Å². The van der Waals surface area contributed by atoms with Gasteiger partial charge in [-0.2, -0.15) is 5.10 Å². The van der Waals surface area contributed by atoms with Gasteiger partial charge in [0.15, 0.2) is 0 Å². The molecule has 0 spiro atoms. The molecule has 0 radical (unpaired) electrons. The lowest BCUT2D eigenvalue weighted by Crippen LogP contribution is -2.37. The first-order valence-corrected chi connectivity index (χ1v) is 7.02. The molecule has 0 aliphatic rings. The smallest absolute Gasteiger partial charge is 0.257 e. The molecule has 1 unspecified atom stereocenters. The monoisotopic (exact) mass is 307 g/mol. The minimum Gasteiger partial charge on any atom is -0.394 e. The molecular formula is C15H18ClN3O2. The van der Waals surface area contributed by atoms with E-state index in [1.807, 2.05) is 25.1 Å². The lowest BCUT2D eigenvalue weighted by Gasteiger charge is -2.22. The van der Waals surface area contributed by atoms with Crippen molar-refractivity contribution in [2.75, 3.05) is 13.7 Å². The van der Waals surface area contributed by atoms with Gasteiger partial charge in [0.2, 0.25) is 0 Å². The molecule has 1 amide bonds. The number of benzene rings is 1. The summed E-state index contributed by atoms with van der Waals surface area (Å²) in [6.07, 6.45) is 1.53. The maximum absolute atomic E-state index is 12.4. The number of nitrogens with zero attached hydrogens (tertiary/aromatic N) is 3. The molecule has 1 atom stereocenters. The highest BCUT2D eigenvalue weighted by Gasteiger charge is 2.22. The van der Waals surface area contributed by atoms with Gasteiger partial charge < -0.3 is 10.0 Å². The topological polar surface area (TPSA) is 58.4 Å². The van der Waals surface area contributed by atoms with E-state index in [0.29, 0.717) is 16.3 Å². The minimum absolute atomic E-state index is 0.0834. The van der Waals surface area contributed by atoms with E-state index in [0.717, 1.165) is 5.69 Å². The lowest BCUT2D eigenvalue weighted by atomic mass is 10.2. The van der Waals surface area contributed by atoms with Crippen molar-refractivity contribution in [3.05, 3.63) is 46.7 Å². The molecule has 2 rings (SSSR count). The number of hydrogen-bond donors (Lipinski definition) is 1. The number of aromatic nitrogens is 2. The fraction of sp³-hybridized carbons (Fsp3) is 0.333. The van der Waals surface area contributed by atoms with Crippen LogP contribution in [0.1, 0.15) is 23.0 Å². The SMILES string of the molecule is Cc1c(C(=O)N(C)C(C)CO)cnn1-c1ccccc1Cl. The van der Waals surface area contributed by atoms with Crippen LogP contribution < -0.4 is 0 Å². The second-order valence-corrected chi connectivity index (χ2v) is 5.36. The van der Waals surface area contributed by atoms with E-state index in [1.54, 1.807) is 24.7 Å². The molecule has 0 aliphatic heterocycles. The van der Waals surface area contributed by atoms with Crippen molar-refractivity contribution in [3.63, 3.8) is 0 Å². The number of para-hydroxylation sites is 1. The molecule has 0 saturated carbocycles. The van der Waals surface area contributed by atoms with Crippen LogP contribution in [0, 0.1) is 6.92 Å². The molecule has 0 bridgehead atoms. The Labute approximate surface area is 128 Å². The maximum Gasteiger partial charge on any atom is 0.257 e. The molecule has 5 nitrogen and oxygen atoms in total. The average Bonchev–Trinajstić information content (AvgIpc) is 2.87. The van der Waals surface area contributed by atoms with Crippen LogP contribution in [0.2, 0.25) is 5.02 Å². The van der Waals surface area contributed by atoms with Gasteiger partial charge in [0.1, 0.15) is 0 Å². The Morgan fingerprint density at radius 3 is 2.76 bits per heavy atom. The van der Waals surface area contributed by atoms with Crippen molar-refractivity contribution in [2.24, 2.45) is 0 Å². The largest absolute Gasteiger partial charge is 0.394 e. The second-order valence-electron chi connectivity index (χ2n) is 4.95. The number of rotatable bonds is 4. The summed E-state index contributed by atoms with van der Waals surface area (Å²) in [5.41, 5.74) is 1.94. The summed E-state index contributed by atoms with van der Waals surface area (Å²) in [7, 11) is 1.66. The number of likely N-dealkylation sites (N-methyl/N-ethyl adjacent to an activating group) is 1. The molecular weight excluding hydrogens is 290 g/mol.